The van der Waals surface area contributed by atoms with Gasteiger partial charge in [0.2, 0.25) is 5.91 Å². The zero-order valence-corrected chi connectivity index (χ0v) is 36.6. The van der Waals surface area contributed by atoms with Crippen LogP contribution in [0.1, 0.15) is 98.9 Å². The summed E-state index contributed by atoms with van der Waals surface area (Å²) in [5.41, 5.74) is 3.01. The minimum absolute atomic E-state index is 0.0125. The average molecular weight is 835 g/mol. The number of para-hydroxylation sites is 1. The van der Waals surface area contributed by atoms with E-state index in [4.69, 9.17) is 14.2 Å². The van der Waals surface area contributed by atoms with Crippen molar-refractivity contribution < 1.29 is 33.0 Å². The molecule has 59 heavy (non-hydrogen) atoms. The Labute approximate surface area is 353 Å². The Bertz CT molecular complexity index is 1910. The summed E-state index contributed by atoms with van der Waals surface area (Å²) < 4.78 is 33.7. The average Bonchev–Trinajstić information content (AvgIpc) is 3.71. The Balaban J connectivity index is 0.918. The van der Waals surface area contributed by atoms with E-state index in [2.05, 4.69) is 62.1 Å². The molecule has 14 heteroatoms. The van der Waals surface area contributed by atoms with Crippen molar-refractivity contribution >= 4 is 34.7 Å². The number of ether oxygens (including phenoxy) is 3. The van der Waals surface area contributed by atoms with Crippen LogP contribution >= 0.6 is 11.3 Å². The van der Waals surface area contributed by atoms with Gasteiger partial charge in [-0.1, -0.05) is 65.0 Å². The lowest BCUT2D eigenvalue weighted by atomic mass is 9.86. The highest BCUT2D eigenvalue weighted by Gasteiger charge is 2.41. The lowest BCUT2D eigenvalue weighted by Crippen LogP contribution is -2.58. The fraction of sp³-hybridized carbons (Fsp3) is 0.600. The van der Waals surface area contributed by atoms with Crippen LogP contribution in [0.25, 0.3) is 0 Å². The SMILES string of the molecule is CC(C)c1nc(C(=O)N2CCOC3(CCN(Cc4cccc(CCOCCC(=O)N(CCNCCc5cccc6c5OCC(=O)N6)C(C)C(C)(C)C)c4F)CC3)C2)cs1. The zero-order chi connectivity index (χ0) is 42.2. The monoisotopic (exact) mass is 834 g/mol. The van der Waals surface area contributed by atoms with E-state index in [9.17, 15) is 14.4 Å². The fourth-order valence-electron chi connectivity index (χ4n) is 7.95. The second kappa shape index (κ2) is 20.1. The molecule has 0 saturated carbocycles. The first-order valence-electron chi connectivity index (χ1n) is 21.2. The van der Waals surface area contributed by atoms with Gasteiger partial charge in [-0.3, -0.25) is 19.3 Å². The lowest BCUT2D eigenvalue weighted by molar-refractivity contribution is -0.136. The van der Waals surface area contributed by atoms with E-state index in [1.807, 2.05) is 51.6 Å². The van der Waals surface area contributed by atoms with Gasteiger partial charge in [0, 0.05) is 62.2 Å². The molecule has 3 aliphatic heterocycles. The number of aromatic nitrogens is 1. The maximum absolute atomic E-state index is 15.8. The second-order valence-electron chi connectivity index (χ2n) is 17.5. The summed E-state index contributed by atoms with van der Waals surface area (Å²) in [6.45, 7) is 18.8. The Morgan fingerprint density at radius 2 is 1.78 bits per heavy atom. The van der Waals surface area contributed by atoms with Crippen molar-refractivity contribution in [1.29, 1.82) is 0 Å². The number of carbonyl (C=O) groups excluding carboxylic acids is 3. The van der Waals surface area contributed by atoms with Crippen molar-refractivity contribution in [1.82, 2.24) is 25.0 Å². The quantitative estimate of drug-likeness (QED) is 0.151. The third-order valence-corrected chi connectivity index (χ3v) is 13.1. The molecule has 2 N–H and O–H groups in total. The number of nitrogens with one attached hydrogen (secondary N) is 2. The van der Waals surface area contributed by atoms with Gasteiger partial charge >= 0.3 is 0 Å². The summed E-state index contributed by atoms with van der Waals surface area (Å²) in [6, 6.07) is 11.3. The summed E-state index contributed by atoms with van der Waals surface area (Å²) >= 11 is 1.54. The lowest BCUT2D eigenvalue weighted by Gasteiger charge is -2.47. The molecule has 0 aliphatic carbocycles. The number of fused-ring (bicyclic) bond motifs is 1. The second-order valence-corrected chi connectivity index (χ2v) is 18.4. The van der Waals surface area contributed by atoms with Crippen LogP contribution in [-0.2, 0) is 38.4 Å². The maximum atomic E-state index is 15.8. The van der Waals surface area contributed by atoms with Crippen LogP contribution in [0.4, 0.5) is 10.1 Å². The molecular weight excluding hydrogens is 772 g/mol. The van der Waals surface area contributed by atoms with Crippen LogP contribution in [0.15, 0.2) is 41.8 Å². The van der Waals surface area contributed by atoms with E-state index >= 15 is 4.39 Å². The van der Waals surface area contributed by atoms with Gasteiger partial charge in [-0.25, -0.2) is 9.37 Å². The Kier molecular flexibility index (Phi) is 15.2. The van der Waals surface area contributed by atoms with Gasteiger partial charge in [-0.2, -0.15) is 0 Å². The minimum atomic E-state index is -0.388. The van der Waals surface area contributed by atoms with Crippen LogP contribution < -0.4 is 15.4 Å². The van der Waals surface area contributed by atoms with Crippen molar-refractivity contribution in [2.45, 2.75) is 97.8 Å². The zero-order valence-electron chi connectivity index (χ0n) is 35.7. The van der Waals surface area contributed by atoms with Crippen LogP contribution in [0.3, 0.4) is 0 Å². The molecule has 0 radical (unpaired) electrons. The summed E-state index contributed by atoms with van der Waals surface area (Å²) in [6.07, 6.45) is 2.94. The van der Waals surface area contributed by atoms with Crippen molar-refractivity contribution in [2.24, 2.45) is 5.41 Å². The number of rotatable bonds is 17. The van der Waals surface area contributed by atoms with Crippen molar-refractivity contribution in [3.63, 3.8) is 0 Å². The first kappa shape index (κ1) is 44.6. The Morgan fingerprint density at radius 3 is 2.53 bits per heavy atom. The molecule has 322 valence electrons. The number of morpholine rings is 1. The van der Waals surface area contributed by atoms with Crippen LogP contribution in [0, 0.1) is 11.2 Å². The molecule has 12 nitrogen and oxygen atoms in total. The number of hydrogen-bond donors (Lipinski definition) is 2. The highest BCUT2D eigenvalue weighted by molar-refractivity contribution is 7.09. The number of thiazole rings is 1. The van der Waals surface area contributed by atoms with Gasteiger partial charge in [0.15, 0.2) is 6.61 Å². The molecule has 4 heterocycles. The molecule has 3 amide bonds. The number of carbonyl (C=O) groups is 3. The summed E-state index contributed by atoms with van der Waals surface area (Å²) in [5, 5.41) is 9.16. The van der Waals surface area contributed by atoms with Gasteiger partial charge < -0.3 is 34.6 Å². The number of hydrogen-bond acceptors (Lipinski definition) is 10. The molecule has 3 aliphatic rings. The molecule has 2 saturated heterocycles. The smallest absolute Gasteiger partial charge is 0.273 e. The minimum Gasteiger partial charge on any atom is -0.481 e. The van der Waals surface area contributed by atoms with Crippen molar-refractivity contribution in [3.05, 3.63) is 75.0 Å². The van der Waals surface area contributed by atoms with E-state index in [1.165, 1.54) is 11.3 Å². The third-order valence-electron chi connectivity index (χ3n) is 11.9. The number of nitrogens with zero attached hydrogens (tertiary/aromatic N) is 4. The molecule has 1 spiro atoms. The maximum Gasteiger partial charge on any atom is 0.273 e. The topological polar surface area (TPSA) is 126 Å². The molecule has 1 atom stereocenters. The molecule has 6 rings (SSSR count). The summed E-state index contributed by atoms with van der Waals surface area (Å²) in [4.78, 5) is 49.2. The fourth-order valence-corrected chi connectivity index (χ4v) is 8.76. The van der Waals surface area contributed by atoms with E-state index in [0.29, 0.717) is 81.4 Å². The standard InChI is InChI=1S/C45H63FN6O6S/c1-31(2)42-49-37(29-59-42)43(55)51-23-26-58-45(30-51)16-20-50(21-17-45)27-35-11-7-9-33(40(35)46)14-24-56-25-15-39(54)52(32(3)44(4,5)6)22-19-47-18-13-34-10-8-12-36-41(34)57-28-38(53)48-36/h7-12,29,31-32,47H,13-28,30H2,1-6H3,(H,48,53). The van der Waals surface area contributed by atoms with Crippen molar-refractivity contribution in [2.75, 3.05) is 77.6 Å². The number of benzene rings is 2. The predicted molar refractivity (Wildman–Crippen MR) is 229 cm³/mol. The first-order chi connectivity index (χ1) is 28.2. The third kappa shape index (κ3) is 11.7. The van der Waals surface area contributed by atoms with E-state index in [1.54, 1.807) is 0 Å². The molecule has 0 bridgehead atoms. The van der Waals surface area contributed by atoms with Gasteiger partial charge in [0.25, 0.3) is 11.8 Å². The van der Waals surface area contributed by atoms with Gasteiger partial charge in [-0.15, -0.1) is 11.3 Å². The van der Waals surface area contributed by atoms with Gasteiger partial charge in [-0.05, 0) is 61.8 Å². The van der Waals surface area contributed by atoms with Crippen LogP contribution in [0.2, 0.25) is 0 Å². The Morgan fingerprint density at radius 1 is 1.03 bits per heavy atom. The number of piperidine rings is 1. The largest absolute Gasteiger partial charge is 0.481 e. The van der Waals surface area contributed by atoms with E-state index < -0.39 is 0 Å². The molecule has 3 aromatic rings. The molecular formula is C45H63FN6O6S. The van der Waals surface area contributed by atoms with Crippen molar-refractivity contribution in [3.8, 4) is 5.75 Å². The summed E-state index contributed by atoms with van der Waals surface area (Å²) in [7, 11) is 0. The number of likely N-dealkylation sites (tertiary alicyclic amines) is 1. The number of amides is 3. The molecule has 1 unspecified atom stereocenters. The predicted octanol–water partition coefficient (Wildman–Crippen LogP) is 6.29. The van der Waals surface area contributed by atoms with Crippen LogP contribution in [-0.4, -0.2) is 121 Å². The highest BCUT2D eigenvalue weighted by Crippen LogP contribution is 2.33. The van der Waals surface area contributed by atoms with Gasteiger partial charge in [0.05, 0.1) is 49.1 Å². The van der Waals surface area contributed by atoms with E-state index in [0.717, 1.165) is 48.7 Å². The van der Waals surface area contributed by atoms with E-state index in [-0.39, 0.29) is 66.1 Å². The number of anilines is 1. The first-order valence-corrected chi connectivity index (χ1v) is 22.1. The van der Waals surface area contributed by atoms with Crippen LogP contribution in [0.5, 0.6) is 5.75 Å². The highest BCUT2D eigenvalue weighted by atomic mass is 32.1. The summed E-state index contributed by atoms with van der Waals surface area (Å²) in [5.74, 6) is 0.661. The van der Waals surface area contributed by atoms with Gasteiger partial charge in [0.1, 0.15) is 17.3 Å². The Hall–Kier alpha value is -3.95. The number of halogens is 1. The molecule has 1 aromatic heterocycles. The molecule has 2 fully saturated rings. The normalized spacial score (nSPS) is 17.4. The molecule has 2 aromatic carbocycles.